The van der Waals surface area contributed by atoms with Crippen LogP contribution in [0.25, 0.3) is 0 Å². The minimum Gasteiger partial charge on any atom is -0.497 e. The Labute approximate surface area is 206 Å². The van der Waals surface area contributed by atoms with E-state index in [2.05, 4.69) is 30.9 Å². The van der Waals surface area contributed by atoms with E-state index in [0.717, 1.165) is 34.8 Å². The van der Waals surface area contributed by atoms with Crippen molar-refractivity contribution in [3.8, 4) is 17.2 Å². The van der Waals surface area contributed by atoms with Crippen LogP contribution in [0.2, 0.25) is 0 Å². The summed E-state index contributed by atoms with van der Waals surface area (Å²) in [6, 6.07) is 23.8. The summed E-state index contributed by atoms with van der Waals surface area (Å²) >= 11 is 0. The van der Waals surface area contributed by atoms with E-state index in [1.54, 1.807) is 7.11 Å². The second kappa shape index (κ2) is 9.82. The number of para-hydroxylation sites is 2. The monoisotopic (exact) mass is 469 g/mol. The quantitative estimate of drug-likeness (QED) is 0.499. The number of hydrogen-bond donors (Lipinski definition) is 0. The van der Waals surface area contributed by atoms with Crippen molar-refractivity contribution in [1.82, 2.24) is 9.80 Å². The third-order valence-electron chi connectivity index (χ3n) is 6.86. The molecule has 0 spiro atoms. The number of methoxy groups -OCH3 is 1. The van der Waals surface area contributed by atoms with Crippen LogP contribution in [0.5, 0.6) is 17.2 Å². The molecule has 3 aromatic rings. The molecule has 6 heteroatoms. The average molecular weight is 470 g/mol. The number of piperazine rings is 1. The zero-order chi connectivity index (χ0) is 24.4. The van der Waals surface area contributed by atoms with Crippen LogP contribution in [0.15, 0.2) is 77.8 Å². The van der Waals surface area contributed by atoms with E-state index in [-0.39, 0.29) is 17.9 Å². The lowest BCUT2D eigenvalue weighted by atomic mass is 9.94. The first-order valence-electron chi connectivity index (χ1n) is 12.2. The van der Waals surface area contributed by atoms with Crippen LogP contribution in [0.3, 0.4) is 0 Å². The van der Waals surface area contributed by atoms with Gasteiger partial charge >= 0.3 is 0 Å². The SMILES string of the molecule is CC[C@H](C(=O)N1CCN(C2=Nc3ccccc3Oc3cc(OC)ccc32)C[C@@H]1C)c1ccccc1. The van der Waals surface area contributed by atoms with E-state index in [4.69, 9.17) is 14.5 Å². The lowest BCUT2D eigenvalue weighted by molar-refractivity contribution is -0.136. The summed E-state index contributed by atoms with van der Waals surface area (Å²) < 4.78 is 11.7. The highest BCUT2D eigenvalue weighted by Gasteiger charge is 2.34. The molecule has 2 aliphatic heterocycles. The highest BCUT2D eigenvalue weighted by Crippen LogP contribution is 2.39. The summed E-state index contributed by atoms with van der Waals surface area (Å²) in [5, 5.41) is 0. The van der Waals surface area contributed by atoms with Gasteiger partial charge < -0.3 is 19.3 Å². The second-order valence-electron chi connectivity index (χ2n) is 9.07. The first-order chi connectivity index (χ1) is 17.1. The van der Waals surface area contributed by atoms with Gasteiger partial charge in [-0.15, -0.1) is 0 Å². The number of amidine groups is 1. The molecule has 1 amide bonds. The third kappa shape index (κ3) is 4.48. The number of aliphatic imine (C=N–C) groups is 1. The van der Waals surface area contributed by atoms with Gasteiger partial charge in [-0.1, -0.05) is 49.4 Å². The van der Waals surface area contributed by atoms with Crippen molar-refractivity contribution in [1.29, 1.82) is 0 Å². The molecule has 2 aliphatic rings. The molecule has 35 heavy (non-hydrogen) atoms. The fraction of sp³-hybridized carbons (Fsp3) is 0.310. The lowest BCUT2D eigenvalue weighted by Crippen LogP contribution is -2.56. The van der Waals surface area contributed by atoms with Crippen LogP contribution in [-0.4, -0.2) is 54.3 Å². The Bertz CT molecular complexity index is 1240. The maximum Gasteiger partial charge on any atom is 0.230 e. The van der Waals surface area contributed by atoms with Crippen molar-refractivity contribution in [2.24, 2.45) is 4.99 Å². The number of carbonyl (C=O) groups excluding carboxylic acids is 1. The lowest BCUT2D eigenvalue weighted by Gasteiger charge is -2.42. The molecular weight excluding hydrogens is 438 g/mol. The van der Waals surface area contributed by atoms with Crippen LogP contribution in [0, 0.1) is 0 Å². The Kier molecular flexibility index (Phi) is 6.45. The van der Waals surface area contributed by atoms with Crippen molar-refractivity contribution >= 4 is 17.4 Å². The molecule has 0 unspecified atom stereocenters. The normalized spacial score (nSPS) is 17.9. The molecule has 0 bridgehead atoms. The maximum atomic E-state index is 13.6. The van der Waals surface area contributed by atoms with Crippen molar-refractivity contribution in [3.63, 3.8) is 0 Å². The van der Waals surface area contributed by atoms with E-state index >= 15 is 0 Å². The van der Waals surface area contributed by atoms with Crippen LogP contribution >= 0.6 is 0 Å². The zero-order valence-electron chi connectivity index (χ0n) is 20.5. The van der Waals surface area contributed by atoms with Crippen molar-refractivity contribution < 1.29 is 14.3 Å². The van der Waals surface area contributed by atoms with E-state index in [1.807, 2.05) is 65.6 Å². The van der Waals surface area contributed by atoms with Gasteiger partial charge in [-0.3, -0.25) is 4.79 Å². The Morgan fingerprint density at radius 1 is 1.06 bits per heavy atom. The Morgan fingerprint density at radius 3 is 2.57 bits per heavy atom. The standard InChI is InChI=1S/C29H31N3O3/c1-4-23(21-10-6-5-7-11-21)29(33)32-17-16-31(19-20(32)2)28-24-15-14-22(34-3)18-27(24)35-26-13-9-8-12-25(26)30-28/h5-15,18,20,23H,4,16-17,19H2,1-3H3/t20-,23-/m0/s1. The summed E-state index contributed by atoms with van der Waals surface area (Å²) in [4.78, 5) is 22.9. The fourth-order valence-electron chi connectivity index (χ4n) is 4.98. The second-order valence-corrected chi connectivity index (χ2v) is 9.07. The van der Waals surface area contributed by atoms with Crippen LogP contribution in [-0.2, 0) is 4.79 Å². The third-order valence-corrected chi connectivity index (χ3v) is 6.86. The van der Waals surface area contributed by atoms with E-state index in [1.165, 1.54) is 0 Å². The summed E-state index contributed by atoms with van der Waals surface area (Å²) in [6.07, 6.45) is 0.784. The number of rotatable bonds is 4. The summed E-state index contributed by atoms with van der Waals surface area (Å²) in [5.74, 6) is 3.11. The molecule has 2 atom stereocenters. The molecule has 6 nitrogen and oxygen atoms in total. The van der Waals surface area contributed by atoms with Crippen molar-refractivity contribution in [3.05, 3.63) is 83.9 Å². The smallest absolute Gasteiger partial charge is 0.230 e. The van der Waals surface area contributed by atoms with Gasteiger partial charge in [0.05, 0.1) is 18.6 Å². The molecule has 0 aliphatic carbocycles. The topological polar surface area (TPSA) is 54.4 Å². The number of amides is 1. The van der Waals surface area contributed by atoms with Gasteiger partial charge in [0, 0.05) is 31.7 Å². The highest BCUT2D eigenvalue weighted by atomic mass is 16.5. The Balaban J connectivity index is 1.43. The number of ether oxygens (including phenoxy) is 2. The first-order valence-corrected chi connectivity index (χ1v) is 12.2. The minimum atomic E-state index is -0.117. The number of carbonyl (C=O) groups is 1. The summed E-state index contributed by atoms with van der Waals surface area (Å²) in [5.41, 5.74) is 2.79. The molecule has 3 aromatic carbocycles. The Hall–Kier alpha value is -3.80. The number of fused-ring (bicyclic) bond motifs is 2. The molecule has 1 saturated heterocycles. The van der Waals surface area contributed by atoms with E-state index in [9.17, 15) is 4.79 Å². The average Bonchev–Trinajstić information content (AvgIpc) is 3.05. The number of hydrogen-bond acceptors (Lipinski definition) is 5. The predicted molar refractivity (Wildman–Crippen MR) is 138 cm³/mol. The van der Waals surface area contributed by atoms with Gasteiger partial charge in [-0.2, -0.15) is 0 Å². The van der Waals surface area contributed by atoms with E-state index < -0.39 is 0 Å². The molecule has 0 saturated carbocycles. The molecule has 0 aromatic heterocycles. The van der Waals surface area contributed by atoms with Gasteiger partial charge in [0.1, 0.15) is 23.0 Å². The Morgan fingerprint density at radius 2 is 1.83 bits per heavy atom. The van der Waals surface area contributed by atoms with Crippen molar-refractivity contribution in [2.75, 3.05) is 26.7 Å². The highest BCUT2D eigenvalue weighted by molar-refractivity contribution is 6.04. The van der Waals surface area contributed by atoms with Crippen LogP contribution < -0.4 is 9.47 Å². The zero-order valence-corrected chi connectivity index (χ0v) is 20.5. The van der Waals surface area contributed by atoms with Crippen LogP contribution in [0.1, 0.15) is 37.3 Å². The molecule has 0 radical (unpaired) electrons. The molecule has 0 N–H and O–H groups in total. The van der Waals surface area contributed by atoms with Gasteiger partial charge in [0.25, 0.3) is 0 Å². The molecule has 180 valence electrons. The first kappa shape index (κ1) is 23.0. The van der Waals surface area contributed by atoms with Crippen LogP contribution in [0.4, 0.5) is 5.69 Å². The molecule has 5 rings (SSSR count). The largest absolute Gasteiger partial charge is 0.497 e. The van der Waals surface area contributed by atoms with Crippen molar-refractivity contribution in [2.45, 2.75) is 32.2 Å². The van der Waals surface area contributed by atoms with E-state index in [0.29, 0.717) is 31.1 Å². The van der Waals surface area contributed by atoms with Gasteiger partial charge in [0.15, 0.2) is 5.75 Å². The van der Waals surface area contributed by atoms with Gasteiger partial charge in [0.2, 0.25) is 5.91 Å². The van der Waals surface area contributed by atoms with Gasteiger partial charge in [-0.25, -0.2) is 4.99 Å². The molecule has 2 heterocycles. The van der Waals surface area contributed by atoms with Gasteiger partial charge in [-0.05, 0) is 43.2 Å². The maximum absolute atomic E-state index is 13.6. The number of benzene rings is 3. The summed E-state index contributed by atoms with van der Waals surface area (Å²) in [7, 11) is 1.65. The molecule has 1 fully saturated rings. The fourth-order valence-corrected chi connectivity index (χ4v) is 4.98. The predicted octanol–water partition coefficient (Wildman–Crippen LogP) is 5.61. The summed E-state index contributed by atoms with van der Waals surface area (Å²) in [6.45, 7) is 6.26. The number of nitrogens with zero attached hydrogens (tertiary/aromatic N) is 3. The molecular formula is C29H31N3O3. The minimum absolute atomic E-state index is 0.0535.